The first kappa shape index (κ1) is 14.8. The van der Waals surface area contributed by atoms with Gasteiger partial charge in [0.05, 0.1) is 11.1 Å². The Morgan fingerprint density at radius 2 is 2.14 bits per heavy atom. The van der Waals surface area contributed by atoms with E-state index in [0.29, 0.717) is 18.1 Å². The van der Waals surface area contributed by atoms with Crippen LogP contribution in [0.25, 0.3) is 0 Å². The Bertz CT molecular complexity index is 718. The van der Waals surface area contributed by atoms with Crippen LogP contribution in [0.15, 0.2) is 29.8 Å². The molecule has 114 valence electrons. The minimum atomic E-state index is -4.49. The lowest BCUT2D eigenvalue weighted by Crippen LogP contribution is -2.60. The van der Waals surface area contributed by atoms with Crippen LogP contribution in [0.4, 0.5) is 13.2 Å². The molecule has 1 aromatic heterocycles. The summed E-state index contributed by atoms with van der Waals surface area (Å²) in [6.07, 6.45) is -2.88. The van der Waals surface area contributed by atoms with E-state index in [0.717, 1.165) is 18.2 Å². The second-order valence-corrected chi connectivity index (χ2v) is 5.75. The summed E-state index contributed by atoms with van der Waals surface area (Å²) in [5.41, 5.74) is -1.59. The minimum Gasteiger partial charge on any atom is -0.476 e. The van der Waals surface area contributed by atoms with E-state index < -0.39 is 17.3 Å². The Morgan fingerprint density at radius 3 is 2.64 bits per heavy atom. The van der Waals surface area contributed by atoms with Crippen molar-refractivity contribution < 1.29 is 17.9 Å². The Balaban J connectivity index is 1.99. The predicted molar refractivity (Wildman–Crippen MR) is 73.4 cm³/mol. The van der Waals surface area contributed by atoms with Gasteiger partial charge in [0.2, 0.25) is 0 Å². The Hall–Kier alpha value is -2.11. The molecule has 1 aliphatic heterocycles. The Kier molecular flexibility index (Phi) is 3.54. The molecular formula is C14H10F3N3OS. The number of nitrogens with zero attached hydrogens (tertiary/aromatic N) is 2. The first-order chi connectivity index (χ1) is 10.4. The molecule has 0 unspecified atom stereocenters. The van der Waals surface area contributed by atoms with Crippen LogP contribution in [0.3, 0.4) is 0 Å². The van der Waals surface area contributed by atoms with E-state index in [-0.39, 0.29) is 11.3 Å². The lowest BCUT2D eigenvalue weighted by molar-refractivity contribution is -0.137. The number of hydrogen-bond acceptors (Lipinski definition) is 5. The van der Waals surface area contributed by atoms with Gasteiger partial charge in [0.15, 0.2) is 5.60 Å². The van der Waals surface area contributed by atoms with Gasteiger partial charge in [0, 0.05) is 24.7 Å². The number of nitriles is 1. The lowest BCUT2D eigenvalue weighted by Gasteiger charge is -2.41. The molecule has 22 heavy (non-hydrogen) atoms. The highest BCUT2D eigenvalue weighted by molar-refractivity contribution is 7.09. The Labute approximate surface area is 128 Å². The van der Waals surface area contributed by atoms with Gasteiger partial charge in [-0.15, -0.1) is 11.3 Å². The molecule has 1 fully saturated rings. The molecule has 3 rings (SSSR count). The quantitative estimate of drug-likeness (QED) is 0.943. The lowest BCUT2D eigenvalue weighted by atomic mass is 9.97. The molecule has 0 bridgehead atoms. The molecule has 2 aromatic rings. The van der Waals surface area contributed by atoms with Gasteiger partial charge < -0.3 is 10.1 Å². The number of rotatable bonds is 3. The number of alkyl halides is 3. The highest BCUT2D eigenvalue weighted by Crippen LogP contribution is 2.38. The van der Waals surface area contributed by atoms with E-state index in [1.165, 1.54) is 11.3 Å². The summed E-state index contributed by atoms with van der Waals surface area (Å²) in [6, 6.07) is 4.73. The van der Waals surface area contributed by atoms with Crippen LogP contribution < -0.4 is 10.1 Å². The molecule has 4 nitrogen and oxygen atoms in total. The van der Waals surface area contributed by atoms with Gasteiger partial charge in [0.25, 0.3) is 0 Å². The fraction of sp³-hybridized carbons (Fsp3) is 0.286. The van der Waals surface area contributed by atoms with Gasteiger partial charge in [-0.3, -0.25) is 0 Å². The van der Waals surface area contributed by atoms with Gasteiger partial charge in [-0.2, -0.15) is 18.4 Å². The summed E-state index contributed by atoms with van der Waals surface area (Å²) in [5.74, 6) is -0.0750. The summed E-state index contributed by atoms with van der Waals surface area (Å²) >= 11 is 1.37. The average molecular weight is 325 g/mol. The third-order valence-corrected chi connectivity index (χ3v) is 4.34. The van der Waals surface area contributed by atoms with Crippen molar-refractivity contribution in [2.24, 2.45) is 0 Å². The van der Waals surface area contributed by atoms with Crippen LogP contribution >= 0.6 is 11.3 Å². The number of halogens is 3. The molecular weight excluding hydrogens is 315 g/mol. The maximum absolute atomic E-state index is 12.8. The number of aromatic nitrogens is 1. The molecule has 0 spiro atoms. The van der Waals surface area contributed by atoms with Crippen LogP contribution in [-0.2, 0) is 11.8 Å². The smallest absolute Gasteiger partial charge is 0.416 e. The van der Waals surface area contributed by atoms with Crippen molar-refractivity contribution >= 4 is 11.3 Å². The number of ether oxygens (including phenoxy) is 1. The standard InChI is InChI=1S/C14H10F3N3OS/c15-14(16,17)10-2-1-9(6-18)11(5-10)21-13(7-19-8-13)12-20-3-4-22-12/h1-5,19H,7-8H2. The van der Waals surface area contributed by atoms with Crippen molar-refractivity contribution in [3.05, 3.63) is 45.9 Å². The van der Waals surface area contributed by atoms with Crippen molar-refractivity contribution in [1.29, 1.82) is 5.26 Å². The third-order valence-electron chi connectivity index (χ3n) is 3.38. The van der Waals surface area contributed by atoms with E-state index in [1.807, 2.05) is 6.07 Å². The highest BCUT2D eigenvalue weighted by atomic mass is 32.1. The number of nitrogens with one attached hydrogen (secondary N) is 1. The SMILES string of the molecule is N#Cc1ccc(C(F)(F)F)cc1OC1(c2nccs2)CNC1. The molecule has 0 saturated carbocycles. The maximum Gasteiger partial charge on any atom is 0.416 e. The molecule has 2 heterocycles. The van der Waals surface area contributed by atoms with E-state index in [4.69, 9.17) is 10.00 Å². The zero-order valence-corrected chi connectivity index (χ0v) is 12.0. The van der Waals surface area contributed by atoms with E-state index >= 15 is 0 Å². The number of thiazole rings is 1. The Morgan fingerprint density at radius 1 is 1.36 bits per heavy atom. The van der Waals surface area contributed by atoms with Gasteiger partial charge >= 0.3 is 6.18 Å². The van der Waals surface area contributed by atoms with Crippen LogP contribution in [-0.4, -0.2) is 18.1 Å². The van der Waals surface area contributed by atoms with Gasteiger partial charge in [-0.05, 0) is 18.2 Å². The summed E-state index contributed by atoms with van der Waals surface area (Å²) in [7, 11) is 0. The summed E-state index contributed by atoms with van der Waals surface area (Å²) in [6.45, 7) is 0.864. The molecule has 1 saturated heterocycles. The number of benzene rings is 1. The van der Waals surface area contributed by atoms with Crippen molar-refractivity contribution in [2.45, 2.75) is 11.8 Å². The second-order valence-electron chi connectivity index (χ2n) is 4.86. The fourth-order valence-electron chi connectivity index (χ4n) is 2.15. The summed E-state index contributed by atoms with van der Waals surface area (Å²) in [4.78, 5) is 4.18. The van der Waals surface area contributed by atoms with Crippen molar-refractivity contribution in [2.75, 3.05) is 13.1 Å². The van der Waals surface area contributed by atoms with Gasteiger partial charge in [-0.1, -0.05) is 0 Å². The van der Waals surface area contributed by atoms with Crippen LogP contribution in [0.2, 0.25) is 0 Å². The molecule has 0 aliphatic carbocycles. The molecule has 1 aliphatic rings. The summed E-state index contributed by atoms with van der Waals surface area (Å²) in [5, 5.41) is 14.6. The van der Waals surface area contributed by atoms with Crippen LogP contribution in [0.1, 0.15) is 16.1 Å². The first-order valence-corrected chi connectivity index (χ1v) is 7.24. The van der Waals surface area contributed by atoms with Crippen molar-refractivity contribution in [1.82, 2.24) is 10.3 Å². The van der Waals surface area contributed by atoms with Gasteiger partial charge in [-0.25, -0.2) is 4.98 Å². The third kappa shape index (κ3) is 2.53. The minimum absolute atomic E-state index is 0.0656. The van der Waals surface area contributed by atoms with Crippen molar-refractivity contribution in [3.63, 3.8) is 0 Å². The zero-order valence-electron chi connectivity index (χ0n) is 11.1. The molecule has 1 N–H and O–H groups in total. The molecule has 0 radical (unpaired) electrons. The predicted octanol–water partition coefficient (Wildman–Crippen LogP) is 2.91. The normalized spacial score (nSPS) is 16.6. The maximum atomic E-state index is 12.8. The second kappa shape index (κ2) is 5.26. The van der Waals surface area contributed by atoms with E-state index in [9.17, 15) is 13.2 Å². The van der Waals surface area contributed by atoms with E-state index in [1.54, 1.807) is 11.6 Å². The molecule has 8 heteroatoms. The van der Waals surface area contributed by atoms with Crippen LogP contribution in [0.5, 0.6) is 5.75 Å². The monoisotopic (exact) mass is 325 g/mol. The van der Waals surface area contributed by atoms with Gasteiger partial charge in [0.1, 0.15) is 16.8 Å². The highest BCUT2D eigenvalue weighted by Gasteiger charge is 2.44. The molecule has 0 amide bonds. The first-order valence-electron chi connectivity index (χ1n) is 6.36. The van der Waals surface area contributed by atoms with E-state index in [2.05, 4.69) is 10.3 Å². The zero-order chi connectivity index (χ0) is 15.8. The number of hydrogen-bond donors (Lipinski definition) is 1. The molecule has 1 aromatic carbocycles. The largest absolute Gasteiger partial charge is 0.476 e. The average Bonchev–Trinajstić information content (AvgIpc) is 2.96. The van der Waals surface area contributed by atoms with Crippen LogP contribution in [0, 0.1) is 11.3 Å². The molecule has 0 atom stereocenters. The summed E-state index contributed by atoms with van der Waals surface area (Å²) < 4.78 is 44.3. The fourth-order valence-corrected chi connectivity index (χ4v) is 2.93. The topological polar surface area (TPSA) is 57.9 Å². The van der Waals surface area contributed by atoms with Crippen molar-refractivity contribution in [3.8, 4) is 11.8 Å².